The lowest BCUT2D eigenvalue weighted by Gasteiger charge is -2.26. The molecule has 142 valence electrons. The second kappa shape index (κ2) is 8.31. The van der Waals surface area contributed by atoms with Gasteiger partial charge in [-0.3, -0.25) is 4.79 Å². The SMILES string of the molecule is COc1cccc(C(=O)OCC(=O)NC[C@H]2COc3ccccc3O2)c1O. The molecule has 1 aliphatic heterocycles. The molecular weight excluding hydrogens is 354 g/mol. The summed E-state index contributed by atoms with van der Waals surface area (Å²) in [4.78, 5) is 23.9. The van der Waals surface area contributed by atoms with Gasteiger partial charge in [0.1, 0.15) is 18.3 Å². The zero-order valence-electron chi connectivity index (χ0n) is 14.6. The Morgan fingerprint density at radius 1 is 1.19 bits per heavy atom. The Morgan fingerprint density at radius 2 is 1.96 bits per heavy atom. The van der Waals surface area contributed by atoms with Gasteiger partial charge in [-0.05, 0) is 24.3 Å². The third kappa shape index (κ3) is 4.41. The lowest BCUT2D eigenvalue weighted by atomic mass is 10.2. The molecule has 3 rings (SSSR count). The number of esters is 1. The number of hydrogen-bond acceptors (Lipinski definition) is 7. The Balaban J connectivity index is 1.46. The fourth-order valence-electron chi connectivity index (χ4n) is 2.50. The van der Waals surface area contributed by atoms with Crippen LogP contribution in [0.1, 0.15) is 10.4 Å². The number of amides is 1. The number of aromatic hydroxyl groups is 1. The minimum absolute atomic E-state index is 0.0808. The average molecular weight is 373 g/mol. The minimum atomic E-state index is -0.826. The predicted molar refractivity (Wildman–Crippen MR) is 94.3 cm³/mol. The maximum atomic E-state index is 12.0. The van der Waals surface area contributed by atoms with Crippen molar-refractivity contribution in [2.45, 2.75) is 6.10 Å². The van der Waals surface area contributed by atoms with Gasteiger partial charge < -0.3 is 29.4 Å². The molecule has 2 aromatic rings. The van der Waals surface area contributed by atoms with Crippen LogP contribution >= 0.6 is 0 Å². The van der Waals surface area contributed by atoms with E-state index < -0.39 is 18.5 Å². The highest BCUT2D eigenvalue weighted by Gasteiger charge is 2.22. The number of rotatable bonds is 6. The zero-order valence-corrected chi connectivity index (χ0v) is 14.6. The summed E-state index contributed by atoms with van der Waals surface area (Å²) in [5.74, 6) is -0.239. The van der Waals surface area contributed by atoms with Crippen molar-refractivity contribution >= 4 is 11.9 Å². The summed E-state index contributed by atoms with van der Waals surface area (Å²) in [7, 11) is 1.37. The van der Waals surface area contributed by atoms with Gasteiger partial charge in [0.2, 0.25) is 0 Å². The second-order valence-corrected chi connectivity index (χ2v) is 5.73. The minimum Gasteiger partial charge on any atom is -0.504 e. The first-order valence-corrected chi connectivity index (χ1v) is 8.26. The summed E-state index contributed by atoms with van der Waals surface area (Å²) in [5, 5.41) is 12.5. The van der Waals surface area contributed by atoms with Gasteiger partial charge in [0.15, 0.2) is 29.6 Å². The maximum absolute atomic E-state index is 12.0. The highest BCUT2D eigenvalue weighted by atomic mass is 16.6. The summed E-state index contributed by atoms with van der Waals surface area (Å²) >= 11 is 0. The van der Waals surface area contributed by atoms with Crippen molar-refractivity contribution in [2.24, 2.45) is 0 Å². The van der Waals surface area contributed by atoms with Crippen LogP contribution in [0, 0.1) is 0 Å². The fraction of sp³-hybridized carbons (Fsp3) is 0.263. The summed E-state index contributed by atoms with van der Waals surface area (Å²) in [6.07, 6.45) is -0.345. The maximum Gasteiger partial charge on any atom is 0.342 e. The van der Waals surface area contributed by atoms with Crippen LogP contribution in [0.2, 0.25) is 0 Å². The quantitative estimate of drug-likeness (QED) is 0.740. The second-order valence-electron chi connectivity index (χ2n) is 5.73. The first kappa shape index (κ1) is 18.4. The van der Waals surface area contributed by atoms with Crippen LogP contribution in [0.3, 0.4) is 0 Å². The predicted octanol–water partition coefficient (Wildman–Crippen LogP) is 1.51. The van der Waals surface area contributed by atoms with E-state index in [0.717, 1.165) is 0 Å². The number of methoxy groups -OCH3 is 1. The standard InChI is InChI=1S/C19H19NO7/c1-24-16-8-4-5-13(18(16)22)19(23)26-11-17(21)20-9-12-10-25-14-6-2-3-7-15(14)27-12/h2-8,12,22H,9-11H2,1H3,(H,20,21)/t12-/m0/s1. The van der Waals surface area contributed by atoms with E-state index in [9.17, 15) is 14.7 Å². The number of ether oxygens (including phenoxy) is 4. The third-order valence-corrected chi connectivity index (χ3v) is 3.87. The van der Waals surface area contributed by atoms with E-state index in [1.54, 1.807) is 12.1 Å². The molecule has 0 unspecified atom stereocenters. The third-order valence-electron chi connectivity index (χ3n) is 3.87. The Morgan fingerprint density at radius 3 is 2.74 bits per heavy atom. The number of phenolic OH excluding ortho intramolecular Hbond substituents is 1. The molecular formula is C19H19NO7. The van der Waals surface area contributed by atoms with Gasteiger partial charge in [0.25, 0.3) is 5.91 Å². The molecule has 1 atom stereocenters. The molecule has 27 heavy (non-hydrogen) atoms. The molecule has 0 saturated carbocycles. The van der Waals surface area contributed by atoms with Crippen molar-refractivity contribution in [2.75, 3.05) is 26.9 Å². The van der Waals surface area contributed by atoms with Crippen molar-refractivity contribution in [3.05, 3.63) is 48.0 Å². The zero-order chi connectivity index (χ0) is 19.2. The first-order chi connectivity index (χ1) is 13.1. The van der Waals surface area contributed by atoms with E-state index >= 15 is 0 Å². The molecule has 0 saturated heterocycles. The molecule has 8 heteroatoms. The van der Waals surface area contributed by atoms with Gasteiger partial charge in [-0.25, -0.2) is 4.79 Å². The molecule has 1 amide bonds. The van der Waals surface area contributed by atoms with Gasteiger partial charge >= 0.3 is 5.97 Å². The normalized spacial score (nSPS) is 14.9. The molecule has 2 N–H and O–H groups in total. The Labute approximate surface area is 155 Å². The summed E-state index contributed by atoms with van der Waals surface area (Å²) in [5.41, 5.74) is -0.0808. The molecule has 0 spiro atoms. The van der Waals surface area contributed by atoms with E-state index in [1.165, 1.54) is 25.3 Å². The highest BCUT2D eigenvalue weighted by Crippen LogP contribution is 2.31. The van der Waals surface area contributed by atoms with Crippen molar-refractivity contribution in [1.29, 1.82) is 0 Å². The van der Waals surface area contributed by atoms with Crippen LogP contribution in [0.25, 0.3) is 0 Å². The van der Waals surface area contributed by atoms with Crippen molar-refractivity contribution < 1.29 is 33.6 Å². The van der Waals surface area contributed by atoms with Crippen LogP contribution in [0.15, 0.2) is 42.5 Å². The van der Waals surface area contributed by atoms with Crippen molar-refractivity contribution in [3.8, 4) is 23.0 Å². The monoisotopic (exact) mass is 373 g/mol. The van der Waals surface area contributed by atoms with Gasteiger partial charge in [-0.2, -0.15) is 0 Å². The van der Waals surface area contributed by atoms with E-state index in [0.29, 0.717) is 18.1 Å². The van der Waals surface area contributed by atoms with Gasteiger partial charge in [-0.1, -0.05) is 18.2 Å². The van der Waals surface area contributed by atoms with E-state index in [1.807, 2.05) is 12.1 Å². The topological polar surface area (TPSA) is 103 Å². The summed E-state index contributed by atoms with van der Waals surface area (Å²) < 4.78 is 21.1. The van der Waals surface area contributed by atoms with E-state index in [2.05, 4.69) is 5.32 Å². The number of carbonyl (C=O) groups excluding carboxylic acids is 2. The Kier molecular flexibility index (Phi) is 5.65. The van der Waals surface area contributed by atoms with E-state index in [4.69, 9.17) is 18.9 Å². The Bertz CT molecular complexity index is 837. The average Bonchev–Trinajstić information content (AvgIpc) is 2.70. The number of benzene rings is 2. The summed E-state index contributed by atoms with van der Waals surface area (Å²) in [6.45, 7) is 0.0174. The van der Waals surface area contributed by atoms with Crippen LogP contribution in [0.4, 0.5) is 0 Å². The molecule has 0 aromatic heterocycles. The largest absolute Gasteiger partial charge is 0.504 e. The van der Waals surface area contributed by atoms with Crippen LogP contribution < -0.4 is 19.5 Å². The molecule has 0 radical (unpaired) electrons. The van der Waals surface area contributed by atoms with Gasteiger partial charge in [0, 0.05) is 0 Å². The van der Waals surface area contributed by atoms with Crippen LogP contribution in [-0.2, 0) is 9.53 Å². The molecule has 0 fully saturated rings. The number of fused-ring (bicyclic) bond motifs is 1. The number of phenols is 1. The summed E-state index contributed by atoms with van der Waals surface area (Å²) in [6, 6.07) is 11.7. The first-order valence-electron chi connectivity index (χ1n) is 8.26. The molecule has 1 heterocycles. The molecule has 0 aliphatic carbocycles. The smallest absolute Gasteiger partial charge is 0.342 e. The lowest BCUT2D eigenvalue weighted by Crippen LogP contribution is -2.42. The Hall–Kier alpha value is -3.42. The van der Waals surface area contributed by atoms with Crippen molar-refractivity contribution in [1.82, 2.24) is 5.32 Å². The van der Waals surface area contributed by atoms with Crippen molar-refractivity contribution in [3.63, 3.8) is 0 Å². The lowest BCUT2D eigenvalue weighted by molar-refractivity contribution is -0.124. The fourth-order valence-corrected chi connectivity index (χ4v) is 2.50. The van der Waals surface area contributed by atoms with Gasteiger partial charge in [-0.15, -0.1) is 0 Å². The van der Waals surface area contributed by atoms with E-state index in [-0.39, 0.29) is 29.7 Å². The number of hydrogen-bond donors (Lipinski definition) is 2. The van der Waals surface area contributed by atoms with Crippen LogP contribution in [0.5, 0.6) is 23.0 Å². The molecule has 8 nitrogen and oxygen atoms in total. The molecule has 0 bridgehead atoms. The number of para-hydroxylation sites is 3. The van der Waals surface area contributed by atoms with Crippen LogP contribution in [-0.4, -0.2) is 50.0 Å². The molecule has 1 aliphatic rings. The number of nitrogens with one attached hydrogen (secondary N) is 1. The molecule has 2 aromatic carbocycles. The highest BCUT2D eigenvalue weighted by molar-refractivity contribution is 5.94. The van der Waals surface area contributed by atoms with Gasteiger partial charge in [0.05, 0.1) is 13.7 Å². The number of carbonyl (C=O) groups is 2.